The van der Waals surface area contributed by atoms with Crippen molar-refractivity contribution in [1.29, 1.82) is 0 Å². The van der Waals surface area contributed by atoms with Crippen molar-refractivity contribution in [1.82, 2.24) is 20.8 Å². The van der Waals surface area contributed by atoms with E-state index in [1.165, 1.54) is 17.8 Å². The minimum absolute atomic E-state index is 0.0312. The fourth-order valence-corrected chi connectivity index (χ4v) is 4.78. The Morgan fingerprint density at radius 1 is 0.919 bits per heavy atom. The van der Waals surface area contributed by atoms with Gasteiger partial charge in [0, 0.05) is 49.0 Å². The van der Waals surface area contributed by atoms with Gasteiger partial charge in [-0.3, -0.25) is 9.89 Å². The number of carbonyl (C=O) groups is 1. The van der Waals surface area contributed by atoms with Crippen molar-refractivity contribution in [2.24, 2.45) is 0 Å². The van der Waals surface area contributed by atoms with Crippen LogP contribution in [0.1, 0.15) is 29.5 Å². The molecule has 0 saturated carbocycles. The van der Waals surface area contributed by atoms with Gasteiger partial charge in [0.2, 0.25) is 5.91 Å². The van der Waals surface area contributed by atoms with E-state index < -0.39 is 0 Å². The van der Waals surface area contributed by atoms with Crippen LogP contribution in [-0.4, -0.2) is 35.2 Å². The largest absolute Gasteiger partial charge is 0.371 e. The molecule has 6 nitrogen and oxygen atoms in total. The zero-order chi connectivity index (χ0) is 25.5. The molecule has 0 spiro atoms. The first-order chi connectivity index (χ1) is 18.1. The second-order valence-electron chi connectivity index (χ2n) is 9.52. The molecule has 1 amide bonds. The predicted molar refractivity (Wildman–Crippen MR) is 144 cm³/mol. The summed E-state index contributed by atoms with van der Waals surface area (Å²) in [5.74, 6) is -0.211. The van der Waals surface area contributed by atoms with Gasteiger partial charge in [-0.15, -0.1) is 0 Å². The lowest BCUT2D eigenvalue weighted by Gasteiger charge is -2.34. The third-order valence-electron chi connectivity index (χ3n) is 6.93. The Balaban J connectivity index is 1.07. The highest BCUT2D eigenvalue weighted by atomic mass is 19.1. The van der Waals surface area contributed by atoms with Crippen LogP contribution < -0.4 is 15.5 Å². The third-order valence-corrected chi connectivity index (χ3v) is 6.93. The molecule has 7 heteroatoms. The van der Waals surface area contributed by atoms with Crippen molar-refractivity contribution in [2.75, 3.05) is 18.0 Å². The Morgan fingerprint density at radius 3 is 2.38 bits per heavy atom. The van der Waals surface area contributed by atoms with Crippen LogP contribution in [0.15, 0.2) is 85.1 Å². The number of aromatic amines is 1. The molecule has 5 rings (SSSR count). The van der Waals surface area contributed by atoms with Crippen LogP contribution in [0.4, 0.5) is 10.1 Å². The van der Waals surface area contributed by atoms with Crippen LogP contribution in [0.3, 0.4) is 0 Å². The monoisotopic (exact) mass is 497 g/mol. The van der Waals surface area contributed by atoms with E-state index >= 15 is 0 Å². The predicted octanol–water partition coefficient (Wildman–Crippen LogP) is 4.83. The molecular formula is C30H32FN5O. The van der Waals surface area contributed by atoms with E-state index in [9.17, 15) is 9.18 Å². The van der Waals surface area contributed by atoms with E-state index in [-0.39, 0.29) is 11.7 Å². The molecule has 190 valence electrons. The van der Waals surface area contributed by atoms with Crippen LogP contribution >= 0.6 is 0 Å². The molecule has 0 radical (unpaired) electrons. The van der Waals surface area contributed by atoms with Crippen molar-refractivity contribution in [2.45, 2.75) is 38.4 Å². The topological polar surface area (TPSA) is 73.0 Å². The number of H-pyrrole nitrogens is 1. The Labute approximate surface area is 216 Å². The molecule has 3 N–H and O–H groups in total. The average molecular weight is 498 g/mol. The number of hydrogen-bond acceptors (Lipinski definition) is 4. The van der Waals surface area contributed by atoms with E-state index in [4.69, 9.17) is 0 Å². The lowest BCUT2D eigenvalue weighted by molar-refractivity contribution is -0.120. The number of hydrogen-bond donors (Lipinski definition) is 3. The van der Waals surface area contributed by atoms with E-state index in [1.807, 2.05) is 36.5 Å². The van der Waals surface area contributed by atoms with Gasteiger partial charge in [0.1, 0.15) is 5.82 Å². The van der Waals surface area contributed by atoms with Gasteiger partial charge in [0.25, 0.3) is 0 Å². The summed E-state index contributed by atoms with van der Waals surface area (Å²) in [6, 6.07) is 25.2. The van der Waals surface area contributed by atoms with Gasteiger partial charge in [-0.05, 0) is 60.4 Å². The second-order valence-corrected chi connectivity index (χ2v) is 9.52. The van der Waals surface area contributed by atoms with Crippen LogP contribution in [-0.2, 0) is 24.3 Å². The molecule has 0 atom stereocenters. The summed E-state index contributed by atoms with van der Waals surface area (Å²) < 4.78 is 13.3. The first-order valence-corrected chi connectivity index (χ1v) is 12.8. The second kappa shape index (κ2) is 11.8. The average Bonchev–Trinajstić information content (AvgIpc) is 3.41. The van der Waals surface area contributed by atoms with Crippen molar-refractivity contribution in [3.05, 3.63) is 108 Å². The summed E-state index contributed by atoms with van der Waals surface area (Å²) in [6.07, 6.45) is 4.32. The standard InChI is InChI=1S/C30H32FN5O/c31-26-10-8-24(9-11-26)30-25(21-34-35-30)20-32-27-14-16-36(17-15-27)28-12-6-22(7-13-28)18-29(37)33-19-23-4-2-1-3-5-23/h1-13,21,27,32H,14-20H2,(H,33,37)(H,34,35). The van der Waals surface area contributed by atoms with Gasteiger partial charge >= 0.3 is 0 Å². The highest BCUT2D eigenvalue weighted by Crippen LogP contribution is 2.23. The normalized spacial score (nSPS) is 14.0. The minimum atomic E-state index is -0.242. The maximum absolute atomic E-state index is 13.3. The van der Waals surface area contributed by atoms with Crippen molar-refractivity contribution in [3.63, 3.8) is 0 Å². The van der Waals surface area contributed by atoms with Crippen LogP contribution in [0.25, 0.3) is 11.3 Å². The quantitative estimate of drug-likeness (QED) is 0.310. The van der Waals surface area contributed by atoms with Crippen molar-refractivity contribution >= 4 is 11.6 Å². The number of rotatable bonds is 9. The number of halogens is 1. The summed E-state index contributed by atoms with van der Waals surface area (Å²) in [6.45, 7) is 3.22. The summed E-state index contributed by atoms with van der Waals surface area (Å²) in [7, 11) is 0. The van der Waals surface area contributed by atoms with E-state index in [0.29, 0.717) is 19.0 Å². The fourth-order valence-electron chi connectivity index (χ4n) is 4.78. The molecule has 4 aromatic rings. The SMILES string of the molecule is O=C(Cc1ccc(N2CCC(NCc3cn[nH]c3-c3ccc(F)cc3)CC2)cc1)NCc1ccccc1. The highest BCUT2D eigenvalue weighted by Gasteiger charge is 2.20. The smallest absolute Gasteiger partial charge is 0.224 e. The van der Waals surface area contributed by atoms with Crippen LogP contribution in [0, 0.1) is 5.82 Å². The van der Waals surface area contributed by atoms with Crippen molar-refractivity contribution < 1.29 is 9.18 Å². The van der Waals surface area contributed by atoms with Gasteiger partial charge in [-0.1, -0.05) is 42.5 Å². The number of nitrogens with zero attached hydrogens (tertiary/aromatic N) is 2. The molecule has 2 heterocycles. The molecule has 0 aliphatic carbocycles. The minimum Gasteiger partial charge on any atom is -0.371 e. The maximum Gasteiger partial charge on any atom is 0.224 e. The number of carbonyl (C=O) groups excluding carboxylic acids is 1. The lowest BCUT2D eigenvalue weighted by Crippen LogP contribution is -2.42. The Morgan fingerprint density at radius 2 is 1.65 bits per heavy atom. The summed E-state index contributed by atoms with van der Waals surface area (Å²) in [5, 5.41) is 13.9. The van der Waals surface area contributed by atoms with E-state index in [1.54, 1.807) is 12.1 Å². The van der Waals surface area contributed by atoms with Crippen LogP contribution in [0.5, 0.6) is 0 Å². The Hall–Kier alpha value is -3.97. The number of amides is 1. The zero-order valence-electron chi connectivity index (χ0n) is 20.8. The molecular weight excluding hydrogens is 465 g/mol. The first kappa shape index (κ1) is 24.7. The molecule has 37 heavy (non-hydrogen) atoms. The molecule has 1 saturated heterocycles. The van der Waals surface area contributed by atoms with Gasteiger partial charge < -0.3 is 15.5 Å². The summed E-state index contributed by atoms with van der Waals surface area (Å²) >= 11 is 0. The molecule has 1 aliphatic heterocycles. The lowest BCUT2D eigenvalue weighted by atomic mass is 10.0. The summed E-state index contributed by atoms with van der Waals surface area (Å²) in [5.41, 5.74) is 6.25. The molecule has 0 bridgehead atoms. The molecule has 0 unspecified atom stereocenters. The number of piperidine rings is 1. The fraction of sp³-hybridized carbons (Fsp3) is 0.267. The third kappa shape index (κ3) is 6.62. The molecule has 1 aliphatic rings. The number of benzene rings is 3. The van der Waals surface area contributed by atoms with Gasteiger partial charge in [0.05, 0.1) is 18.3 Å². The van der Waals surface area contributed by atoms with E-state index in [2.05, 4.69) is 50.0 Å². The van der Waals surface area contributed by atoms with Crippen LogP contribution in [0.2, 0.25) is 0 Å². The van der Waals surface area contributed by atoms with Crippen molar-refractivity contribution in [3.8, 4) is 11.3 Å². The summed E-state index contributed by atoms with van der Waals surface area (Å²) in [4.78, 5) is 14.7. The Kier molecular flexibility index (Phi) is 7.91. The number of nitrogens with one attached hydrogen (secondary N) is 3. The maximum atomic E-state index is 13.3. The zero-order valence-corrected chi connectivity index (χ0v) is 20.8. The first-order valence-electron chi connectivity index (χ1n) is 12.8. The molecule has 3 aromatic carbocycles. The van der Waals surface area contributed by atoms with E-state index in [0.717, 1.165) is 60.4 Å². The van der Waals surface area contributed by atoms with Gasteiger partial charge in [0.15, 0.2) is 0 Å². The van der Waals surface area contributed by atoms with Gasteiger partial charge in [-0.2, -0.15) is 5.10 Å². The molecule has 1 aromatic heterocycles. The van der Waals surface area contributed by atoms with Gasteiger partial charge in [-0.25, -0.2) is 4.39 Å². The molecule has 1 fully saturated rings. The Bertz CT molecular complexity index is 1280. The number of anilines is 1. The number of aromatic nitrogens is 2. The highest BCUT2D eigenvalue weighted by molar-refractivity contribution is 5.78.